The van der Waals surface area contributed by atoms with Crippen LogP contribution in [0.2, 0.25) is 0 Å². The van der Waals surface area contributed by atoms with Gasteiger partial charge in [0, 0.05) is 13.1 Å². The molecule has 1 heterocycles. The molecule has 0 atom stereocenters. The number of carbonyl (C=O) groups is 1. The molecule has 2 rings (SSSR count). The minimum Gasteiger partial charge on any atom is -0.497 e. The van der Waals surface area contributed by atoms with E-state index < -0.39 is 24.5 Å². The maximum atomic E-state index is 12.4. The molecule has 0 N–H and O–H groups in total. The zero-order valence-electron chi connectivity index (χ0n) is 12.4. The van der Waals surface area contributed by atoms with E-state index in [0.717, 1.165) is 10.5 Å². The molecule has 1 aliphatic heterocycles. The first-order valence-electron chi connectivity index (χ1n) is 6.77. The summed E-state index contributed by atoms with van der Waals surface area (Å²) in [6.07, 6.45) is -17.0. The number of halogens is 6. The van der Waals surface area contributed by atoms with Crippen molar-refractivity contribution in [1.82, 2.24) is 4.90 Å². The Kier molecular flexibility index (Phi) is 4.86. The number of hydrogen-bond donors (Lipinski definition) is 0. The second-order valence-corrected chi connectivity index (χ2v) is 5.15. The number of amides is 1. The summed E-state index contributed by atoms with van der Waals surface area (Å²) in [4.78, 5) is 12.5. The van der Waals surface area contributed by atoms with Crippen LogP contribution < -0.4 is 4.74 Å². The number of benzene rings is 1. The molecule has 0 radical (unpaired) electrons. The molecule has 0 fully saturated rings. The van der Waals surface area contributed by atoms with Gasteiger partial charge in [0.1, 0.15) is 5.75 Å². The van der Waals surface area contributed by atoms with E-state index in [4.69, 9.17) is 4.74 Å². The highest BCUT2D eigenvalue weighted by molar-refractivity contribution is 5.68. The Morgan fingerprint density at radius 2 is 1.75 bits per heavy atom. The van der Waals surface area contributed by atoms with Crippen LogP contribution >= 0.6 is 0 Å². The van der Waals surface area contributed by atoms with Gasteiger partial charge in [0.15, 0.2) is 0 Å². The average Bonchev–Trinajstić information content (AvgIpc) is 2.49. The summed E-state index contributed by atoms with van der Waals surface area (Å²) in [7, 11) is 1.46. The van der Waals surface area contributed by atoms with Crippen LogP contribution in [0.15, 0.2) is 18.2 Å². The third kappa shape index (κ3) is 4.04. The van der Waals surface area contributed by atoms with Crippen LogP contribution in [0.3, 0.4) is 0 Å². The molecule has 0 saturated heterocycles. The molecule has 4 nitrogen and oxygen atoms in total. The maximum absolute atomic E-state index is 12.4. The van der Waals surface area contributed by atoms with Crippen LogP contribution in [0.25, 0.3) is 0 Å². The molecule has 0 spiro atoms. The molecular weight excluding hydrogens is 344 g/mol. The molecule has 1 aliphatic rings. The first-order chi connectivity index (χ1) is 11.0. The second-order valence-electron chi connectivity index (χ2n) is 5.15. The molecule has 0 aromatic heterocycles. The topological polar surface area (TPSA) is 38.8 Å². The van der Waals surface area contributed by atoms with Gasteiger partial charge < -0.3 is 14.4 Å². The van der Waals surface area contributed by atoms with E-state index >= 15 is 0 Å². The third-order valence-corrected chi connectivity index (χ3v) is 3.50. The molecule has 134 valence electrons. The summed E-state index contributed by atoms with van der Waals surface area (Å²) in [5, 5.41) is 0. The summed E-state index contributed by atoms with van der Waals surface area (Å²) in [6.45, 7) is -0.192. The number of ether oxygens (including phenoxy) is 2. The monoisotopic (exact) mass is 357 g/mol. The normalized spacial score (nSPS) is 15.2. The number of methoxy groups -OCH3 is 1. The van der Waals surface area contributed by atoms with Crippen molar-refractivity contribution in [2.75, 3.05) is 13.7 Å². The van der Waals surface area contributed by atoms with Gasteiger partial charge in [0.05, 0.1) is 7.11 Å². The lowest BCUT2D eigenvalue weighted by atomic mass is 10.00. The number of hydrogen-bond acceptors (Lipinski definition) is 3. The van der Waals surface area contributed by atoms with Crippen molar-refractivity contribution in [3.8, 4) is 5.75 Å². The Morgan fingerprint density at radius 1 is 1.12 bits per heavy atom. The predicted molar refractivity (Wildman–Crippen MR) is 69.5 cm³/mol. The average molecular weight is 357 g/mol. The lowest BCUT2D eigenvalue weighted by Crippen LogP contribution is -2.48. The molecule has 0 aliphatic carbocycles. The SMILES string of the molecule is COc1ccc2c(c1)CCN(C(=O)OC(C(F)(F)F)C(F)(F)F)C2. The molecule has 24 heavy (non-hydrogen) atoms. The lowest BCUT2D eigenvalue weighted by molar-refractivity contribution is -0.308. The molecule has 1 amide bonds. The highest BCUT2D eigenvalue weighted by atomic mass is 19.4. The fourth-order valence-corrected chi connectivity index (χ4v) is 2.31. The number of fused-ring (bicyclic) bond motifs is 1. The van der Waals surface area contributed by atoms with Crippen molar-refractivity contribution in [3.63, 3.8) is 0 Å². The van der Waals surface area contributed by atoms with Crippen LogP contribution in [0.1, 0.15) is 11.1 Å². The highest BCUT2D eigenvalue weighted by Crippen LogP contribution is 2.36. The summed E-state index contributed by atoms with van der Waals surface area (Å²) in [6, 6.07) is 4.88. The number of rotatable bonds is 2. The van der Waals surface area contributed by atoms with Crippen molar-refractivity contribution in [2.24, 2.45) is 0 Å². The lowest BCUT2D eigenvalue weighted by Gasteiger charge is -2.31. The van der Waals surface area contributed by atoms with Gasteiger partial charge in [-0.2, -0.15) is 26.3 Å². The molecular formula is C14H13F6NO3. The number of nitrogens with zero attached hydrogens (tertiary/aromatic N) is 1. The Labute approximate surface area is 132 Å². The third-order valence-electron chi connectivity index (χ3n) is 3.50. The fraction of sp³-hybridized carbons (Fsp3) is 0.500. The maximum Gasteiger partial charge on any atom is 0.434 e. The van der Waals surface area contributed by atoms with Gasteiger partial charge in [-0.25, -0.2) is 4.79 Å². The van der Waals surface area contributed by atoms with Gasteiger partial charge in [-0.05, 0) is 29.7 Å². The largest absolute Gasteiger partial charge is 0.497 e. The van der Waals surface area contributed by atoms with Gasteiger partial charge in [-0.1, -0.05) is 6.07 Å². The van der Waals surface area contributed by atoms with Gasteiger partial charge in [0.2, 0.25) is 0 Å². The van der Waals surface area contributed by atoms with Gasteiger partial charge in [0.25, 0.3) is 6.10 Å². The van der Waals surface area contributed by atoms with Crippen LogP contribution in [0.5, 0.6) is 5.75 Å². The Hall–Kier alpha value is -2.13. The first-order valence-corrected chi connectivity index (χ1v) is 6.77. The van der Waals surface area contributed by atoms with E-state index in [-0.39, 0.29) is 19.5 Å². The predicted octanol–water partition coefficient (Wildman–Crippen LogP) is 3.68. The minimum atomic E-state index is -5.73. The molecule has 0 bridgehead atoms. The smallest absolute Gasteiger partial charge is 0.434 e. The summed E-state index contributed by atoms with van der Waals surface area (Å²) < 4.78 is 83.3. The van der Waals surface area contributed by atoms with E-state index in [9.17, 15) is 31.1 Å². The summed E-state index contributed by atoms with van der Waals surface area (Å²) in [5.41, 5.74) is 1.41. The number of carbonyl (C=O) groups excluding carboxylic acids is 1. The van der Waals surface area contributed by atoms with Crippen LogP contribution in [0.4, 0.5) is 31.1 Å². The van der Waals surface area contributed by atoms with Crippen molar-refractivity contribution >= 4 is 6.09 Å². The van der Waals surface area contributed by atoms with E-state index in [1.54, 1.807) is 18.2 Å². The van der Waals surface area contributed by atoms with Gasteiger partial charge in [-0.15, -0.1) is 0 Å². The summed E-state index contributed by atoms with van der Waals surface area (Å²) in [5.74, 6) is 0.569. The van der Waals surface area contributed by atoms with Gasteiger partial charge >= 0.3 is 18.4 Å². The minimum absolute atomic E-state index is 0.0541. The molecule has 0 unspecified atom stereocenters. The van der Waals surface area contributed by atoms with E-state index in [2.05, 4.69) is 4.74 Å². The highest BCUT2D eigenvalue weighted by Gasteiger charge is 2.60. The van der Waals surface area contributed by atoms with Crippen LogP contribution in [-0.4, -0.2) is 43.1 Å². The Balaban J connectivity index is 2.11. The zero-order chi connectivity index (χ0) is 18.1. The zero-order valence-corrected chi connectivity index (χ0v) is 12.4. The van der Waals surface area contributed by atoms with Crippen molar-refractivity contribution < 1.29 is 40.6 Å². The van der Waals surface area contributed by atoms with Crippen molar-refractivity contribution in [2.45, 2.75) is 31.4 Å². The Morgan fingerprint density at radius 3 is 2.29 bits per heavy atom. The quantitative estimate of drug-likeness (QED) is 0.758. The molecule has 0 saturated carbocycles. The first kappa shape index (κ1) is 18.2. The Bertz CT molecular complexity index is 600. The number of alkyl halides is 6. The van der Waals surface area contributed by atoms with Crippen molar-refractivity contribution in [3.05, 3.63) is 29.3 Å². The molecule has 1 aromatic rings. The van der Waals surface area contributed by atoms with Crippen LogP contribution in [-0.2, 0) is 17.7 Å². The van der Waals surface area contributed by atoms with Crippen molar-refractivity contribution in [1.29, 1.82) is 0 Å². The van der Waals surface area contributed by atoms with Gasteiger partial charge in [-0.3, -0.25) is 0 Å². The standard InChI is InChI=1S/C14H13F6NO3/c1-23-10-3-2-9-7-21(5-4-8(9)6-10)12(22)24-11(13(15,16)17)14(18,19)20/h2-3,6,11H,4-5,7H2,1H3. The second kappa shape index (κ2) is 6.40. The van der Waals surface area contributed by atoms with E-state index in [1.165, 1.54) is 7.11 Å². The van der Waals surface area contributed by atoms with Crippen LogP contribution in [0, 0.1) is 0 Å². The summed E-state index contributed by atoms with van der Waals surface area (Å²) >= 11 is 0. The molecule has 1 aromatic carbocycles. The van der Waals surface area contributed by atoms with E-state index in [0.29, 0.717) is 11.3 Å². The molecule has 10 heteroatoms. The van der Waals surface area contributed by atoms with E-state index in [1.807, 2.05) is 0 Å². The fourth-order valence-electron chi connectivity index (χ4n) is 2.31.